The van der Waals surface area contributed by atoms with E-state index in [-0.39, 0.29) is 6.10 Å². The van der Waals surface area contributed by atoms with Gasteiger partial charge in [-0.3, -0.25) is 0 Å². The molecule has 1 aliphatic rings. The Morgan fingerprint density at radius 3 is 2.36 bits per heavy atom. The molecule has 0 aromatic heterocycles. The molecule has 0 aromatic carbocycles. The zero-order chi connectivity index (χ0) is 10.4. The number of aliphatic hydroxyl groups excluding tert-OH is 1. The highest BCUT2D eigenvalue weighted by Crippen LogP contribution is 2.29. The van der Waals surface area contributed by atoms with E-state index >= 15 is 0 Å². The first-order chi connectivity index (χ1) is 6.79. The average molecular weight is 202 g/mol. The summed E-state index contributed by atoms with van der Waals surface area (Å²) in [5.41, 5.74) is 0. The number of methoxy groups -OCH3 is 2. The van der Waals surface area contributed by atoms with Gasteiger partial charge in [-0.1, -0.05) is 19.3 Å². The molecule has 84 valence electrons. The summed E-state index contributed by atoms with van der Waals surface area (Å²) in [6.07, 6.45) is 5.70. The molecule has 1 N–H and O–H groups in total. The summed E-state index contributed by atoms with van der Waals surface area (Å²) >= 11 is 0. The lowest BCUT2D eigenvalue weighted by atomic mass is 9.83. The van der Waals surface area contributed by atoms with Crippen LogP contribution in [0.5, 0.6) is 0 Å². The monoisotopic (exact) mass is 202 g/mol. The molecule has 1 fully saturated rings. The minimum Gasteiger partial charge on any atom is -0.388 e. The van der Waals surface area contributed by atoms with Crippen LogP contribution in [0, 0.1) is 5.92 Å². The molecule has 2 unspecified atom stereocenters. The summed E-state index contributed by atoms with van der Waals surface area (Å²) in [6, 6.07) is 0. The van der Waals surface area contributed by atoms with Gasteiger partial charge >= 0.3 is 0 Å². The Labute approximate surface area is 86.4 Å². The van der Waals surface area contributed by atoms with Gasteiger partial charge in [0.2, 0.25) is 0 Å². The Kier molecular flexibility index (Phi) is 5.45. The Morgan fingerprint density at radius 1 is 1.21 bits per heavy atom. The van der Waals surface area contributed by atoms with Crippen molar-refractivity contribution in [1.82, 2.24) is 0 Å². The fourth-order valence-corrected chi connectivity index (χ4v) is 2.39. The van der Waals surface area contributed by atoms with Crippen molar-refractivity contribution in [3.05, 3.63) is 0 Å². The quantitative estimate of drug-likeness (QED) is 0.735. The Bertz CT molecular complexity index is 143. The molecular formula is C11H22O3. The van der Waals surface area contributed by atoms with Crippen LogP contribution in [0.2, 0.25) is 0 Å². The molecule has 2 atom stereocenters. The highest BCUT2D eigenvalue weighted by atomic mass is 16.5. The van der Waals surface area contributed by atoms with E-state index in [2.05, 4.69) is 0 Å². The van der Waals surface area contributed by atoms with E-state index in [1.165, 1.54) is 32.1 Å². The van der Waals surface area contributed by atoms with Crippen molar-refractivity contribution in [1.29, 1.82) is 0 Å². The van der Waals surface area contributed by atoms with Crippen molar-refractivity contribution >= 4 is 0 Å². The summed E-state index contributed by atoms with van der Waals surface area (Å²) in [7, 11) is 3.29. The molecule has 0 radical (unpaired) electrons. The van der Waals surface area contributed by atoms with Gasteiger partial charge < -0.3 is 14.6 Å². The van der Waals surface area contributed by atoms with E-state index in [1.807, 2.05) is 0 Å². The van der Waals surface area contributed by atoms with Crippen LogP contribution in [-0.2, 0) is 9.47 Å². The van der Waals surface area contributed by atoms with E-state index < -0.39 is 6.10 Å². The Hall–Kier alpha value is -0.120. The van der Waals surface area contributed by atoms with Gasteiger partial charge in [-0.05, 0) is 18.8 Å². The van der Waals surface area contributed by atoms with E-state index in [0.717, 1.165) is 0 Å². The molecule has 0 bridgehead atoms. The molecule has 1 rings (SSSR count). The van der Waals surface area contributed by atoms with Crippen molar-refractivity contribution in [2.75, 3.05) is 20.8 Å². The largest absolute Gasteiger partial charge is 0.388 e. The van der Waals surface area contributed by atoms with Crippen LogP contribution in [0.4, 0.5) is 0 Å². The van der Waals surface area contributed by atoms with Crippen LogP contribution in [0.1, 0.15) is 32.1 Å². The molecule has 0 heterocycles. The van der Waals surface area contributed by atoms with Crippen LogP contribution in [0.3, 0.4) is 0 Å². The topological polar surface area (TPSA) is 38.7 Å². The van der Waals surface area contributed by atoms with Crippen molar-refractivity contribution in [3.8, 4) is 0 Å². The zero-order valence-corrected chi connectivity index (χ0v) is 9.24. The van der Waals surface area contributed by atoms with Gasteiger partial charge in [-0.2, -0.15) is 0 Å². The lowest BCUT2D eigenvalue weighted by molar-refractivity contribution is -0.0792. The summed E-state index contributed by atoms with van der Waals surface area (Å²) in [6.45, 7) is 0.370. The fraction of sp³-hybridized carbons (Fsp3) is 1.00. The minimum absolute atomic E-state index is 0.0461. The maximum Gasteiger partial charge on any atom is 0.104 e. The molecule has 0 saturated heterocycles. The second-order valence-electron chi connectivity index (χ2n) is 4.12. The highest BCUT2D eigenvalue weighted by molar-refractivity contribution is 4.79. The van der Waals surface area contributed by atoms with Crippen LogP contribution in [-0.4, -0.2) is 38.1 Å². The van der Waals surface area contributed by atoms with Gasteiger partial charge in [-0.25, -0.2) is 0 Å². The van der Waals surface area contributed by atoms with E-state index in [1.54, 1.807) is 14.2 Å². The first kappa shape index (κ1) is 12.0. The molecule has 3 nitrogen and oxygen atoms in total. The van der Waals surface area contributed by atoms with Crippen LogP contribution < -0.4 is 0 Å². The first-order valence-electron chi connectivity index (χ1n) is 5.49. The van der Waals surface area contributed by atoms with Gasteiger partial charge in [0.05, 0.1) is 12.7 Å². The predicted molar refractivity (Wildman–Crippen MR) is 55.3 cm³/mol. The van der Waals surface area contributed by atoms with Crippen LogP contribution >= 0.6 is 0 Å². The fourth-order valence-electron chi connectivity index (χ4n) is 2.39. The second-order valence-corrected chi connectivity index (χ2v) is 4.12. The van der Waals surface area contributed by atoms with E-state index in [9.17, 15) is 5.11 Å². The van der Waals surface area contributed by atoms with Crippen molar-refractivity contribution in [2.45, 2.75) is 44.3 Å². The molecule has 14 heavy (non-hydrogen) atoms. The van der Waals surface area contributed by atoms with Crippen molar-refractivity contribution < 1.29 is 14.6 Å². The third-order valence-electron chi connectivity index (χ3n) is 3.10. The van der Waals surface area contributed by atoms with Gasteiger partial charge in [0.25, 0.3) is 0 Å². The number of rotatable bonds is 5. The molecule has 0 spiro atoms. The average Bonchev–Trinajstić information content (AvgIpc) is 2.21. The third-order valence-corrected chi connectivity index (χ3v) is 3.10. The lowest BCUT2D eigenvalue weighted by Gasteiger charge is -2.32. The zero-order valence-electron chi connectivity index (χ0n) is 9.24. The Balaban J connectivity index is 2.41. The smallest absolute Gasteiger partial charge is 0.104 e. The molecule has 1 aliphatic carbocycles. The number of ether oxygens (including phenoxy) is 2. The molecule has 1 saturated carbocycles. The van der Waals surface area contributed by atoms with Crippen LogP contribution in [0.25, 0.3) is 0 Å². The third kappa shape index (κ3) is 3.23. The maximum atomic E-state index is 9.81. The maximum absolute atomic E-state index is 9.81. The van der Waals surface area contributed by atoms with E-state index in [0.29, 0.717) is 12.5 Å². The minimum atomic E-state index is -0.479. The summed E-state index contributed by atoms with van der Waals surface area (Å²) in [5.74, 6) is 0.513. The SMILES string of the molecule is COCC(O)C(OC)C1CCCCC1. The Morgan fingerprint density at radius 2 is 1.86 bits per heavy atom. The molecule has 0 amide bonds. The summed E-state index contributed by atoms with van der Waals surface area (Å²) in [5, 5.41) is 9.81. The standard InChI is InChI=1S/C11H22O3/c1-13-8-10(12)11(14-2)9-6-4-3-5-7-9/h9-12H,3-8H2,1-2H3. The van der Waals surface area contributed by atoms with Crippen LogP contribution in [0.15, 0.2) is 0 Å². The predicted octanol–water partition coefficient (Wildman–Crippen LogP) is 1.59. The second kappa shape index (κ2) is 6.38. The molecular weight excluding hydrogens is 180 g/mol. The van der Waals surface area contributed by atoms with Crippen molar-refractivity contribution in [3.63, 3.8) is 0 Å². The van der Waals surface area contributed by atoms with E-state index in [4.69, 9.17) is 9.47 Å². The van der Waals surface area contributed by atoms with Gasteiger partial charge in [0.15, 0.2) is 0 Å². The number of hydrogen-bond acceptors (Lipinski definition) is 3. The normalized spacial score (nSPS) is 23.4. The summed E-state index contributed by atoms with van der Waals surface area (Å²) in [4.78, 5) is 0. The van der Waals surface area contributed by atoms with Crippen molar-refractivity contribution in [2.24, 2.45) is 5.92 Å². The highest BCUT2D eigenvalue weighted by Gasteiger charge is 2.29. The van der Waals surface area contributed by atoms with Gasteiger partial charge in [0, 0.05) is 14.2 Å². The lowest BCUT2D eigenvalue weighted by Crippen LogP contribution is -2.39. The van der Waals surface area contributed by atoms with Gasteiger partial charge in [0.1, 0.15) is 6.10 Å². The van der Waals surface area contributed by atoms with Gasteiger partial charge in [-0.15, -0.1) is 0 Å². The molecule has 3 heteroatoms. The molecule has 0 aliphatic heterocycles. The summed E-state index contributed by atoms with van der Waals surface area (Å²) < 4.78 is 10.3. The molecule has 0 aromatic rings. The first-order valence-corrected chi connectivity index (χ1v) is 5.49. The number of aliphatic hydroxyl groups is 1. The number of hydrogen-bond donors (Lipinski definition) is 1.